The average Bonchev–Trinajstić information content (AvgIpc) is 3.08. The molecule has 0 unspecified atom stereocenters. The Hall–Kier alpha value is -3.21. The fourth-order valence-electron chi connectivity index (χ4n) is 2.81. The van der Waals surface area contributed by atoms with E-state index >= 15 is 0 Å². The highest BCUT2D eigenvalue weighted by atomic mass is 15.6. The molecule has 25 heavy (non-hydrogen) atoms. The number of anilines is 2. The fraction of sp³-hybridized carbons (Fsp3) is 0.0500. The summed E-state index contributed by atoms with van der Waals surface area (Å²) in [6.07, 6.45) is 0. The van der Waals surface area contributed by atoms with E-state index in [4.69, 9.17) is 4.90 Å². The molecule has 0 amide bonds. The Kier molecular flexibility index (Phi) is 4.13. The quantitative estimate of drug-likeness (QED) is 0.715. The first-order valence-electron chi connectivity index (χ1n) is 8.37. The summed E-state index contributed by atoms with van der Waals surface area (Å²) in [5.41, 5.74) is 7.83. The summed E-state index contributed by atoms with van der Waals surface area (Å²) in [4.78, 5) is 6.91. The molecule has 1 aliphatic heterocycles. The highest BCUT2D eigenvalue weighted by Crippen LogP contribution is 2.20. The van der Waals surface area contributed by atoms with Crippen LogP contribution in [0.25, 0.3) is 0 Å². The Bertz CT molecular complexity index is 863. The zero-order chi connectivity index (χ0) is 17.1. The number of nitrogens with one attached hydrogen (secondary N) is 2. The fourth-order valence-corrected chi connectivity index (χ4v) is 2.81. The first kappa shape index (κ1) is 15.3. The maximum Gasteiger partial charge on any atom is 0.542 e. The molecule has 5 heteroatoms. The van der Waals surface area contributed by atoms with E-state index in [1.807, 2.05) is 53.5 Å². The van der Waals surface area contributed by atoms with Crippen LogP contribution >= 0.6 is 0 Å². The Morgan fingerprint density at radius 3 is 2.16 bits per heavy atom. The average molecular weight is 326 g/mol. The molecule has 0 spiro atoms. The second kappa shape index (κ2) is 6.73. The maximum atomic E-state index is 4.86. The van der Waals surface area contributed by atoms with Gasteiger partial charge in [-0.2, -0.15) is 0 Å². The molecule has 0 saturated carbocycles. The highest BCUT2D eigenvalue weighted by Gasteiger charge is 2.33. The van der Waals surface area contributed by atoms with Gasteiger partial charge in [0, 0.05) is 16.9 Å². The molecule has 4 rings (SSSR count). The molecule has 1 aliphatic rings. The van der Waals surface area contributed by atoms with Gasteiger partial charge in [0.25, 0.3) is 0 Å². The molecule has 1 heterocycles. The lowest BCUT2D eigenvalue weighted by Crippen LogP contribution is -2.48. The number of hydrogen-bond donors (Lipinski definition) is 2. The molecule has 0 aliphatic carbocycles. The van der Waals surface area contributed by atoms with Crippen LogP contribution in [0.4, 0.5) is 11.4 Å². The van der Waals surface area contributed by atoms with E-state index < -0.39 is 0 Å². The van der Waals surface area contributed by atoms with Crippen molar-refractivity contribution in [1.82, 2.24) is 5.43 Å². The number of nitrogens with zero attached hydrogens (tertiary/aromatic N) is 2. The number of benzene rings is 3. The molecule has 2 N–H and O–H groups in total. The van der Waals surface area contributed by atoms with Crippen LogP contribution < -0.4 is 15.6 Å². The third-order valence-corrected chi connectivity index (χ3v) is 4.15. The van der Waals surface area contributed by atoms with Gasteiger partial charge in [-0.3, -0.25) is 15.2 Å². The second-order valence-electron chi connectivity index (χ2n) is 6.05. The Labute approximate surface area is 148 Å². The van der Waals surface area contributed by atoms with Crippen molar-refractivity contribution in [2.24, 2.45) is 4.90 Å². The SMILES string of the molecule is Cc1ccc(C2=NB(Nc3ccccc3)N(c3ccccc3)N2)cc1. The minimum Gasteiger partial charge on any atom is -0.387 e. The third-order valence-electron chi connectivity index (χ3n) is 4.15. The van der Waals surface area contributed by atoms with Crippen LogP contribution in [0.15, 0.2) is 89.8 Å². The molecular weight excluding hydrogens is 307 g/mol. The largest absolute Gasteiger partial charge is 0.542 e. The molecule has 0 fully saturated rings. The summed E-state index contributed by atoms with van der Waals surface area (Å²) < 4.78 is 0. The molecule has 0 aromatic heterocycles. The zero-order valence-corrected chi connectivity index (χ0v) is 14.1. The van der Waals surface area contributed by atoms with E-state index in [2.05, 4.69) is 54.0 Å². The Morgan fingerprint density at radius 1 is 0.840 bits per heavy atom. The Morgan fingerprint density at radius 2 is 1.48 bits per heavy atom. The van der Waals surface area contributed by atoms with Gasteiger partial charge in [-0.1, -0.05) is 66.2 Å². The molecule has 3 aromatic rings. The van der Waals surface area contributed by atoms with E-state index in [0.717, 1.165) is 22.8 Å². The standard InChI is InChI=1S/C20H19BN4/c1-16-12-14-17(15-13-16)20-23-21(22-18-8-4-2-5-9-18)25(24-20)19-10-6-3-7-11-19/h2-15,22H,1H3,(H,23,24). The number of hydrogen-bond acceptors (Lipinski definition) is 4. The van der Waals surface area contributed by atoms with Gasteiger partial charge in [0.05, 0.1) is 0 Å². The molecule has 4 nitrogen and oxygen atoms in total. The van der Waals surface area contributed by atoms with Crippen molar-refractivity contribution in [3.05, 3.63) is 96.1 Å². The summed E-state index contributed by atoms with van der Waals surface area (Å²) in [6, 6.07) is 28.7. The van der Waals surface area contributed by atoms with Gasteiger partial charge >= 0.3 is 7.12 Å². The molecular formula is C20H19BN4. The van der Waals surface area contributed by atoms with Crippen LogP contribution in [0, 0.1) is 6.92 Å². The number of aryl methyl sites for hydroxylation is 1. The van der Waals surface area contributed by atoms with Crippen LogP contribution in [0.5, 0.6) is 0 Å². The van der Waals surface area contributed by atoms with Crippen molar-refractivity contribution >= 4 is 24.3 Å². The van der Waals surface area contributed by atoms with Gasteiger partial charge in [0.1, 0.15) is 5.84 Å². The Balaban J connectivity index is 1.66. The van der Waals surface area contributed by atoms with Gasteiger partial charge in [0.15, 0.2) is 0 Å². The lowest BCUT2D eigenvalue weighted by Gasteiger charge is -2.23. The number of amidine groups is 1. The van der Waals surface area contributed by atoms with Crippen LogP contribution in [0.2, 0.25) is 0 Å². The highest BCUT2D eigenvalue weighted by molar-refractivity contribution is 6.68. The van der Waals surface area contributed by atoms with Crippen molar-refractivity contribution in [3.8, 4) is 0 Å². The smallest absolute Gasteiger partial charge is 0.387 e. The normalized spacial score (nSPS) is 13.4. The van der Waals surface area contributed by atoms with E-state index in [1.165, 1.54) is 5.56 Å². The monoisotopic (exact) mass is 326 g/mol. The minimum absolute atomic E-state index is 0.221. The number of hydrazine groups is 1. The zero-order valence-electron chi connectivity index (χ0n) is 14.1. The summed E-state index contributed by atoms with van der Waals surface area (Å²) in [7, 11) is -0.221. The summed E-state index contributed by atoms with van der Waals surface area (Å²) in [6.45, 7) is 2.09. The second-order valence-corrected chi connectivity index (χ2v) is 6.05. The van der Waals surface area contributed by atoms with Crippen molar-refractivity contribution in [2.45, 2.75) is 6.92 Å². The molecule has 0 saturated heterocycles. The van der Waals surface area contributed by atoms with Crippen LogP contribution in [-0.4, -0.2) is 13.0 Å². The van der Waals surface area contributed by atoms with Crippen molar-refractivity contribution in [3.63, 3.8) is 0 Å². The van der Waals surface area contributed by atoms with Gasteiger partial charge in [0.2, 0.25) is 0 Å². The molecule has 122 valence electrons. The predicted molar refractivity (Wildman–Crippen MR) is 106 cm³/mol. The molecule has 0 bridgehead atoms. The first-order chi connectivity index (χ1) is 12.3. The van der Waals surface area contributed by atoms with Crippen molar-refractivity contribution in [2.75, 3.05) is 10.1 Å². The van der Waals surface area contributed by atoms with Gasteiger partial charge in [-0.15, -0.1) is 0 Å². The number of rotatable bonds is 4. The summed E-state index contributed by atoms with van der Waals surface area (Å²) in [5, 5.41) is 3.48. The molecule has 0 radical (unpaired) electrons. The maximum absolute atomic E-state index is 4.86. The molecule has 0 atom stereocenters. The predicted octanol–water partition coefficient (Wildman–Crippen LogP) is 3.86. The van der Waals surface area contributed by atoms with Crippen LogP contribution in [0.1, 0.15) is 11.1 Å². The van der Waals surface area contributed by atoms with Crippen LogP contribution in [0.3, 0.4) is 0 Å². The van der Waals surface area contributed by atoms with Crippen molar-refractivity contribution < 1.29 is 0 Å². The first-order valence-corrected chi connectivity index (χ1v) is 8.37. The van der Waals surface area contributed by atoms with Gasteiger partial charge < -0.3 is 5.23 Å². The van der Waals surface area contributed by atoms with Gasteiger partial charge in [-0.05, 0) is 31.2 Å². The van der Waals surface area contributed by atoms with Crippen LogP contribution in [-0.2, 0) is 0 Å². The van der Waals surface area contributed by atoms with Gasteiger partial charge in [-0.25, -0.2) is 0 Å². The van der Waals surface area contributed by atoms with E-state index in [0.29, 0.717) is 0 Å². The van der Waals surface area contributed by atoms with Crippen molar-refractivity contribution in [1.29, 1.82) is 0 Å². The van der Waals surface area contributed by atoms with E-state index in [9.17, 15) is 0 Å². The summed E-state index contributed by atoms with van der Waals surface area (Å²) >= 11 is 0. The lowest BCUT2D eigenvalue weighted by molar-refractivity contribution is 1.01. The number of para-hydroxylation sites is 2. The third kappa shape index (κ3) is 3.35. The van der Waals surface area contributed by atoms with E-state index in [1.54, 1.807) is 0 Å². The minimum atomic E-state index is -0.221. The summed E-state index contributed by atoms with van der Waals surface area (Å²) in [5.74, 6) is 0.859. The lowest BCUT2D eigenvalue weighted by atomic mass is 9.93. The van der Waals surface area contributed by atoms with E-state index in [-0.39, 0.29) is 7.12 Å². The molecule has 3 aromatic carbocycles. The topological polar surface area (TPSA) is 39.7 Å².